The lowest BCUT2D eigenvalue weighted by atomic mass is 10.1. The third-order valence-electron chi connectivity index (χ3n) is 2.47. The first kappa shape index (κ1) is 11.6. The minimum atomic E-state index is -0.532. The molecule has 0 aliphatic heterocycles. The second-order valence-corrected chi connectivity index (χ2v) is 3.82. The maximum absolute atomic E-state index is 9.61. The fraction of sp³-hybridized carbons (Fsp3) is 0.214. The Morgan fingerprint density at radius 1 is 1.18 bits per heavy atom. The number of ether oxygens (including phenoxy) is 1. The van der Waals surface area contributed by atoms with Gasteiger partial charge in [-0.05, 0) is 25.1 Å². The van der Waals surface area contributed by atoms with Crippen molar-refractivity contribution in [3.63, 3.8) is 0 Å². The first-order valence-electron chi connectivity index (χ1n) is 5.57. The van der Waals surface area contributed by atoms with Crippen LogP contribution >= 0.6 is 0 Å². The molecule has 0 radical (unpaired) electrons. The van der Waals surface area contributed by atoms with E-state index in [9.17, 15) is 5.11 Å². The number of nitrogens with zero attached hydrogens (tertiary/aromatic N) is 1. The Bertz CT molecular complexity index is 469. The van der Waals surface area contributed by atoms with Crippen LogP contribution in [0.2, 0.25) is 0 Å². The molecule has 3 heteroatoms. The van der Waals surface area contributed by atoms with Crippen LogP contribution in [0.3, 0.4) is 0 Å². The van der Waals surface area contributed by atoms with Gasteiger partial charge in [-0.25, -0.2) is 0 Å². The van der Waals surface area contributed by atoms with E-state index in [1.807, 2.05) is 42.5 Å². The van der Waals surface area contributed by atoms with Crippen molar-refractivity contribution in [1.29, 1.82) is 0 Å². The second kappa shape index (κ2) is 5.46. The Morgan fingerprint density at radius 3 is 2.65 bits per heavy atom. The number of aliphatic hydroxyl groups is 1. The van der Waals surface area contributed by atoms with Crippen molar-refractivity contribution in [3.8, 4) is 5.75 Å². The molecule has 0 bridgehead atoms. The van der Waals surface area contributed by atoms with Crippen molar-refractivity contribution < 1.29 is 9.84 Å². The molecule has 0 saturated carbocycles. The topological polar surface area (TPSA) is 42.4 Å². The lowest BCUT2D eigenvalue weighted by molar-refractivity contribution is 0.190. The molecular weight excluding hydrogens is 214 g/mol. The summed E-state index contributed by atoms with van der Waals surface area (Å²) in [5, 5.41) is 9.61. The first-order chi connectivity index (χ1) is 8.27. The van der Waals surface area contributed by atoms with Gasteiger partial charge in [-0.3, -0.25) is 4.98 Å². The highest BCUT2D eigenvalue weighted by molar-refractivity contribution is 5.34. The molecule has 2 aromatic rings. The number of para-hydroxylation sites is 1. The molecule has 0 aliphatic rings. The van der Waals surface area contributed by atoms with E-state index in [-0.39, 0.29) is 0 Å². The monoisotopic (exact) mass is 229 g/mol. The van der Waals surface area contributed by atoms with Gasteiger partial charge in [0.15, 0.2) is 0 Å². The summed E-state index contributed by atoms with van der Waals surface area (Å²) in [7, 11) is 0. The minimum absolute atomic E-state index is 0.407. The van der Waals surface area contributed by atoms with E-state index in [0.29, 0.717) is 12.4 Å². The Hall–Kier alpha value is -1.87. The van der Waals surface area contributed by atoms with Gasteiger partial charge in [0.25, 0.3) is 0 Å². The van der Waals surface area contributed by atoms with Crippen molar-refractivity contribution in [2.24, 2.45) is 0 Å². The zero-order chi connectivity index (χ0) is 12.1. The zero-order valence-electron chi connectivity index (χ0n) is 9.71. The first-order valence-corrected chi connectivity index (χ1v) is 5.57. The van der Waals surface area contributed by atoms with Crippen molar-refractivity contribution in [2.75, 3.05) is 0 Å². The fourth-order valence-corrected chi connectivity index (χ4v) is 1.59. The van der Waals surface area contributed by atoms with Crippen LogP contribution in [0.25, 0.3) is 0 Å². The minimum Gasteiger partial charge on any atom is -0.487 e. The Balaban J connectivity index is 2.09. The number of rotatable bonds is 4. The van der Waals surface area contributed by atoms with Crippen LogP contribution in [-0.4, -0.2) is 10.1 Å². The van der Waals surface area contributed by atoms with Crippen molar-refractivity contribution in [3.05, 3.63) is 59.9 Å². The molecule has 1 aromatic carbocycles. The van der Waals surface area contributed by atoms with Gasteiger partial charge in [0.1, 0.15) is 12.4 Å². The predicted octanol–water partition coefficient (Wildman–Crippen LogP) is 2.71. The quantitative estimate of drug-likeness (QED) is 0.876. The number of hydrogen-bond acceptors (Lipinski definition) is 3. The van der Waals surface area contributed by atoms with Crippen LogP contribution in [0.1, 0.15) is 24.3 Å². The highest BCUT2D eigenvalue weighted by Gasteiger charge is 2.08. The van der Waals surface area contributed by atoms with Gasteiger partial charge < -0.3 is 9.84 Å². The van der Waals surface area contributed by atoms with Crippen LogP contribution in [0.4, 0.5) is 0 Å². The molecule has 0 fully saturated rings. The Labute approximate surface area is 101 Å². The number of hydrogen-bond donors (Lipinski definition) is 1. The molecular formula is C14H15NO2. The van der Waals surface area contributed by atoms with E-state index in [2.05, 4.69) is 4.98 Å². The number of aliphatic hydroxyl groups excluding tert-OH is 1. The van der Waals surface area contributed by atoms with Gasteiger partial charge in [-0.2, -0.15) is 0 Å². The van der Waals surface area contributed by atoms with Crippen molar-refractivity contribution >= 4 is 0 Å². The molecule has 0 saturated heterocycles. The number of aromatic nitrogens is 1. The third kappa shape index (κ3) is 3.04. The molecule has 1 atom stereocenters. The van der Waals surface area contributed by atoms with Gasteiger partial charge >= 0.3 is 0 Å². The normalized spacial score (nSPS) is 12.1. The average molecular weight is 229 g/mol. The summed E-state index contributed by atoms with van der Waals surface area (Å²) in [6.07, 6.45) is 1.20. The fourth-order valence-electron chi connectivity index (χ4n) is 1.59. The average Bonchev–Trinajstić information content (AvgIpc) is 2.38. The van der Waals surface area contributed by atoms with Crippen LogP contribution in [0.15, 0.2) is 48.7 Å². The SMILES string of the molecule is CC(O)c1ccccc1OCc1ccccn1. The molecule has 17 heavy (non-hydrogen) atoms. The maximum Gasteiger partial charge on any atom is 0.130 e. The second-order valence-electron chi connectivity index (χ2n) is 3.82. The number of benzene rings is 1. The summed E-state index contributed by atoms with van der Waals surface area (Å²) < 4.78 is 5.66. The summed E-state index contributed by atoms with van der Waals surface area (Å²) in [6, 6.07) is 13.2. The molecule has 0 aliphatic carbocycles. The Morgan fingerprint density at radius 2 is 1.94 bits per heavy atom. The molecule has 88 valence electrons. The smallest absolute Gasteiger partial charge is 0.130 e. The standard InChI is InChI=1S/C14H15NO2/c1-11(16)13-7-2-3-8-14(13)17-10-12-6-4-5-9-15-12/h2-9,11,16H,10H2,1H3. The molecule has 1 unspecified atom stereocenters. The maximum atomic E-state index is 9.61. The van der Waals surface area contributed by atoms with Crippen molar-refractivity contribution in [1.82, 2.24) is 4.98 Å². The van der Waals surface area contributed by atoms with E-state index in [1.54, 1.807) is 13.1 Å². The van der Waals surface area contributed by atoms with Crippen LogP contribution in [0.5, 0.6) is 5.75 Å². The van der Waals surface area contributed by atoms with Gasteiger partial charge in [0, 0.05) is 11.8 Å². The summed E-state index contributed by atoms with van der Waals surface area (Å²) >= 11 is 0. The molecule has 3 nitrogen and oxygen atoms in total. The van der Waals surface area contributed by atoms with E-state index < -0.39 is 6.10 Å². The summed E-state index contributed by atoms with van der Waals surface area (Å²) in [4.78, 5) is 4.18. The lowest BCUT2D eigenvalue weighted by Crippen LogP contribution is -2.01. The molecule has 1 aromatic heterocycles. The summed E-state index contributed by atoms with van der Waals surface area (Å²) in [5.74, 6) is 0.702. The van der Waals surface area contributed by atoms with Crippen molar-refractivity contribution in [2.45, 2.75) is 19.6 Å². The van der Waals surface area contributed by atoms with Crippen LogP contribution in [0, 0.1) is 0 Å². The predicted molar refractivity (Wildman–Crippen MR) is 65.6 cm³/mol. The van der Waals surface area contributed by atoms with E-state index in [4.69, 9.17) is 4.74 Å². The zero-order valence-corrected chi connectivity index (χ0v) is 9.71. The van der Waals surface area contributed by atoms with E-state index in [1.165, 1.54) is 0 Å². The molecule has 0 amide bonds. The summed E-state index contributed by atoms with van der Waals surface area (Å²) in [5.41, 5.74) is 1.66. The van der Waals surface area contributed by atoms with Gasteiger partial charge in [0.05, 0.1) is 11.8 Å². The molecule has 2 rings (SSSR count). The van der Waals surface area contributed by atoms with E-state index >= 15 is 0 Å². The Kier molecular flexibility index (Phi) is 3.73. The van der Waals surface area contributed by atoms with Crippen LogP contribution in [-0.2, 0) is 6.61 Å². The number of pyridine rings is 1. The highest BCUT2D eigenvalue weighted by atomic mass is 16.5. The molecule has 0 spiro atoms. The van der Waals surface area contributed by atoms with Crippen LogP contribution < -0.4 is 4.74 Å². The van der Waals surface area contributed by atoms with Gasteiger partial charge in [-0.15, -0.1) is 0 Å². The largest absolute Gasteiger partial charge is 0.487 e. The van der Waals surface area contributed by atoms with Gasteiger partial charge in [0.2, 0.25) is 0 Å². The van der Waals surface area contributed by atoms with E-state index in [0.717, 1.165) is 11.3 Å². The molecule has 1 N–H and O–H groups in total. The lowest BCUT2D eigenvalue weighted by Gasteiger charge is -2.12. The molecule has 1 heterocycles. The third-order valence-corrected chi connectivity index (χ3v) is 2.47. The summed E-state index contributed by atoms with van der Waals surface area (Å²) in [6.45, 7) is 2.13. The van der Waals surface area contributed by atoms with Gasteiger partial charge in [-0.1, -0.05) is 24.3 Å². The highest BCUT2D eigenvalue weighted by Crippen LogP contribution is 2.25.